The van der Waals surface area contributed by atoms with Crippen LogP contribution in [0.2, 0.25) is 0 Å². The topological polar surface area (TPSA) is 124 Å². The first kappa shape index (κ1) is 25.3. The second-order valence-electron chi connectivity index (χ2n) is 10.8. The van der Waals surface area contributed by atoms with Crippen LogP contribution in [0, 0.1) is 5.41 Å². The lowest BCUT2D eigenvalue weighted by Crippen LogP contribution is -2.54. The SMILES string of the molecule is COc1ccc(-c2cc3c(N[C@@H]4CCN(C(=O)OC(C)(C)C)CC4(C)C)c(C(N)=O)cnn3c2)cn1. The van der Waals surface area contributed by atoms with Crippen LogP contribution in [0.3, 0.4) is 0 Å². The number of carbonyl (C=O) groups is 2. The Morgan fingerprint density at radius 2 is 1.94 bits per heavy atom. The summed E-state index contributed by atoms with van der Waals surface area (Å²) in [5, 5.41) is 7.98. The molecule has 1 atom stereocenters. The summed E-state index contributed by atoms with van der Waals surface area (Å²) in [7, 11) is 1.57. The van der Waals surface area contributed by atoms with Crippen molar-refractivity contribution in [2.75, 3.05) is 25.5 Å². The second kappa shape index (κ2) is 9.33. The third-order valence-corrected chi connectivity index (χ3v) is 6.38. The van der Waals surface area contributed by atoms with Crippen LogP contribution >= 0.6 is 0 Å². The highest BCUT2D eigenvalue weighted by Crippen LogP contribution is 2.35. The first-order valence-electron chi connectivity index (χ1n) is 11.9. The average Bonchev–Trinajstić information content (AvgIpc) is 3.23. The zero-order chi connectivity index (χ0) is 26.3. The number of ether oxygens (including phenoxy) is 2. The number of nitrogens with one attached hydrogen (secondary N) is 1. The maximum atomic E-state index is 12.7. The van der Waals surface area contributed by atoms with Gasteiger partial charge in [-0.25, -0.2) is 14.3 Å². The second-order valence-corrected chi connectivity index (χ2v) is 10.8. The van der Waals surface area contributed by atoms with Gasteiger partial charge in [-0.2, -0.15) is 5.10 Å². The van der Waals surface area contributed by atoms with Gasteiger partial charge in [0.05, 0.1) is 30.1 Å². The van der Waals surface area contributed by atoms with Crippen LogP contribution in [0.1, 0.15) is 51.4 Å². The molecule has 10 nitrogen and oxygen atoms in total. The summed E-state index contributed by atoms with van der Waals surface area (Å²) < 4.78 is 12.4. The number of rotatable bonds is 5. The van der Waals surface area contributed by atoms with Crippen molar-refractivity contribution >= 4 is 23.2 Å². The third kappa shape index (κ3) is 5.22. The molecule has 0 aliphatic carbocycles. The van der Waals surface area contributed by atoms with Crippen molar-refractivity contribution in [3.8, 4) is 17.0 Å². The molecule has 0 spiro atoms. The first-order valence-corrected chi connectivity index (χ1v) is 11.9. The van der Waals surface area contributed by atoms with E-state index in [1.54, 1.807) is 28.8 Å². The van der Waals surface area contributed by atoms with Gasteiger partial charge in [0.15, 0.2) is 0 Å². The number of hydrogen-bond acceptors (Lipinski definition) is 7. The predicted octanol–water partition coefficient (Wildman–Crippen LogP) is 3.95. The van der Waals surface area contributed by atoms with Crippen molar-refractivity contribution in [1.29, 1.82) is 0 Å². The number of amides is 2. The Balaban J connectivity index is 1.64. The minimum Gasteiger partial charge on any atom is -0.481 e. The standard InChI is InChI=1S/C26H34N6O4/c1-25(2,3)36-24(34)31-10-9-20(26(4,5)15-31)30-22-18(23(27)33)13-29-32-14-17(11-19(22)32)16-7-8-21(35-6)28-12-16/h7-8,11-14,20,30H,9-10,15H2,1-6H3,(H2,27,33)/t20-/m1/s1. The number of nitrogens with two attached hydrogens (primary N) is 1. The summed E-state index contributed by atoms with van der Waals surface area (Å²) in [5.41, 5.74) is 8.30. The van der Waals surface area contributed by atoms with E-state index in [-0.39, 0.29) is 17.6 Å². The number of carbonyl (C=O) groups excluding carboxylic acids is 2. The highest BCUT2D eigenvalue weighted by atomic mass is 16.6. The molecule has 4 heterocycles. The van der Waals surface area contributed by atoms with Crippen LogP contribution in [0.15, 0.2) is 36.8 Å². The molecule has 3 aromatic rings. The number of fused-ring (bicyclic) bond motifs is 1. The highest BCUT2D eigenvalue weighted by molar-refractivity contribution is 6.02. The quantitative estimate of drug-likeness (QED) is 0.550. The molecular formula is C26H34N6O4. The van der Waals surface area contributed by atoms with E-state index in [0.29, 0.717) is 36.6 Å². The lowest BCUT2D eigenvalue weighted by molar-refractivity contribution is 0.00691. The molecule has 36 heavy (non-hydrogen) atoms. The molecule has 3 N–H and O–H groups in total. The van der Waals surface area contributed by atoms with E-state index in [1.807, 2.05) is 39.1 Å². The molecule has 0 aromatic carbocycles. The van der Waals surface area contributed by atoms with Crippen molar-refractivity contribution < 1.29 is 19.1 Å². The van der Waals surface area contributed by atoms with Gasteiger partial charge in [0.25, 0.3) is 5.91 Å². The molecule has 2 amide bonds. The minimum absolute atomic E-state index is 0.0264. The van der Waals surface area contributed by atoms with E-state index in [2.05, 4.69) is 29.2 Å². The Hall–Kier alpha value is -3.82. The molecule has 1 aliphatic rings. The number of piperidine rings is 1. The molecule has 0 unspecified atom stereocenters. The summed E-state index contributed by atoms with van der Waals surface area (Å²) in [6.45, 7) is 10.8. The van der Waals surface area contributed by atoms with E-state index < -0.39 is 11.5 Å². The molecule has 1 saturated heterocycles. The molecule has 0 saturated carbocycles. The van der Waals surface area contributed by atoms with Crippen molar-refractivity contribution in [2.24, 2.45) is 11.1 Å². The molecule has 4 rings (SSSR count). The number of nitrogens with zero attached hydrogens (tertiary/aromatic N) is 4. The van der Waals surface area contributed by atoms with Crippen LogP contribution in [-0.2, 0) is 4.74 Å². The monoisotopic (exact) mass is 494 g/mol. The predicted molar refractivity (Wildman–Crippen MR) is 137 cm³/mol. The minimum atomic E-state index is -0.564. The molecule has 1 fully saturated rings. The van der Waals surface area contributed by atoms with Crippen LogP contribution in [0.4, 0.5) is 10.5 Å². The maximum absolute atomic E-state index is 12.7. The summed E-state index contributed by atoms with van der Waals surface area (Å²) in [6, 6.07) is 5.63. The number of aromatic nitrogens is 3. The normalized spacial score (nSPS) is 17.6. The molecule has 10 heteroatoms. The number of hydrogen-bond donors (Lipinski definition) is 2. The van der Waals surface area contributed by atoms with Gasteiger partial charge in [0.2, 0.25) is 5.88 Å². The van der Waals surface area contributed by atoms with E-state index in [4.69, 9.17) is 15.2 Å². The highest BCUT2D eigenvalue weighted by Gasteiger charge is 2.39. The molecule has 0 bridgehead atoms. The molecule has 3 aromatic heterocycles. The summed E-state index contributed by atoms with van der Waals surface area (Å²) >= 11 is 0. The maximum Gasteiger partial charge on any atom is 0.410 e. The number of pyridine rings is 1. The Bertz CT molecular complexity index is 1280. The zero-order valence-electron chi connectivity index (χ0n) is 21.7. The van der Waals surface area contributed by atoms with E-state index in [0.717, 1.165) is 16.6 Å². The van der Waals surface area contributed by atoms with Crippen molar-refractivity contribution in [1.82, 2.24) is 19.5 Å². The van der Waals surface area contributed by atoms with Gasteiger partial charge in [-0.3, -0.25) is 4.79 Å². The van der Waals surface area contributed by atoms with Crippen LogP contribution < -0.4 is 15.8 Å². The molecule has 0 radical (unpaired) electrons. The lowest BCUT2D eigenvalue weighted by Gasteiger charge is -2.45. The van der Waals surface area contributed by atoms with Crippen molar-refractivity contribution in [3.05, 3.63) is 42.4 Å². The van der Waals surface area contributed by atoms with Gasteiger partial charge in [0.1, 0.15) is 5.60 Å². The first-order chi connectivity index (χ1) is 16.9. The van der Waals surface area contributed by atoms with Crippen molar-refractivity contribution in [3.63, 3.8) is 0 Å². The van der Waals surface area contributed by atoms with Crippen LogP contribution in [0.5, 0.6) is 5.88 Å². The van der Waals surface area contributed by atoms with Crippen LogP contribution in [0.25, 0.3) is 16.6 Å². The summed E-state index contributed by atoms with van der Waals surface area (Å²) in [5.74, 6) is -0.0377. The van der Waals surface area contributed by atoms with Gasteiger partial charge >= 0.3 is 6.09 Å². The third-order valence-electron chi connectivity index (χ3n) is 6.38. The average molecular weight is 495 g/mol. The fraction of sp³-hybridized carbons (Fsp3) is 0.462. The fourth-order valence-corrected chi connectivity index (χ4v) is 4.51. The smallest absolute Gasteiger partial charge is 0.410 e. The van der Waals surface area contributed by atoms with Gasteiger partial charge in [0, 0.05) is 54.1 Å². The lowest BCUT2D eigenvalue weighted by atomic mass is 9.79. The van der Waals surface area contributed by atoms with Gasteiger partial charge in [-0.05, 0) is 39.3 Å². The van der Waals surface area contributed by atoms with Gasteiger partial charge in [-0.15, -0.1) is 0 Å². The Kier molecular flexibility index (Phi) is 6.55. The van der Waals surface area contributed by atoms with Crippen molar-refractivity contribution in [2.45, 2.75) is 52.7 Å². The largest absolute Gasteiger partial charge is 0.481 e. The number of likely N-dealkylation sites (tertiary alicyclic amines) is 1. The molecular weight excluding hydrogens is 460 g/mol. The number of methoxy groups -OCH3 is 1. The number of anilines is 1. The van der Waals surface area contributed by atoms with E-state index >= 15 is 0 Å². The Morgan fingerprint density at radius 1 is 1.19 bits per heavy atom. The zero-order valence-corrected chi connectivity index (χ0v) is 21.7. The van der Waals surface area contributed by atoms with E-state index in [1.165, 1.54) is 6.20 Å². The molecule has 1 aliphatic heterocycles. The van der Waals surface area contributed by atoms with Crippen LogP contribution in [-0.4, -0.2) is 63.3 Å². The Labute approximate surface area is 210 Å². The number of primary amides is 1. The van der Waals surface area contributed by atoms with Gasteiger partial charge < -0.3 is 25.4 Å². The fourth-order valence-electron chi connectivity index (χ4n) is 4.51. The molecule has 192 valence electrons. The Morgan fingerprint density at radius 3 is 2.53 bits per heavy atom. The summed E-state index contributed by atoms with van der Waals surface area (Å²) in [6.07, 6.45) is 5.45. The summed E-state index contributed by atoms with van der Waals surface area (Å²) in [4.78, 5) is 31.0. The van der Waals surface area contributed by atoms with Gasteiger partial charge in [-0.1, -0.05) is 13.8 Å². The van der Waals surface area contributed by atoms with E-state index in [9.17, 15) is 9.59 Å².